The molecule has 0 unspecified atom stereocenters. The fraction of sp³-hybridized carbons (Fsp3) is 0.100. The lowest BCUT2D eigenvalue weighted by atomic mass is 10.1. The minimum atomic E-state index is 0.831. The minimum absolute atomic E-state index is 0.831. The number of rotatable bonds is 2. The molecule has 0 atom stereocenters. The molecule has 1 heterocycles. The highest BCUT2D eigenvalue weighted by atomic mass is 79.9. The third-order valence-electron chi connectivity index (χ3n) is 1.97. The highest BCUT2D eigenvalue weighted by Crippen LogP contribution is 2.32. The standard InChI is InChI=1S/C10H9BrN2O/c1-14-9-5-3-2-4-7(9)10-8(11)6-12-13-10/h2-6H,1H3,(H,12,13). The van der Waals surface area contributed by atoms with Crippen LogP contribution < -0.4 is 4.74 Å². The molecule has 72 valence electrons. The van der Waals surface area contributed by atoms with E-state index in [0.717, 1.165) is 21.5 Å². The highest BCUT2D eigenvalue weighted by molar-refractivity contribution is 9.10. The molecule has 1 aromatic heterocycles. The Hall–Kier alpha value is -1.29. The van der Waals surface area contributed by atoms with Gasteiger partial charge in [-0.15, -0.1) is 0 Å². The van der Waals surface area contributed by atoms with Crippen LogP contribution in [0.4, 0.5) is 0 Å². The first-order chi connectivity index (χ1) is 6.83. The molecule has 0 radical (unpaired) electrons. The van der Waals surface area contributed by atoms with E-state index in [1.165, 1.54) is 0 Å². The molecule has 1 aromatic carbocycles. The SMILES string of the molecule is COc1ccccc1-c1[nH]ncc1Br. The molecule has 0 amide bonds. The van der Waals surface area contributed by atoms with Crippen LogP contribution in [0.15, 0.2) is 34.9 Å². The van der Waals surface area contributed by atoms with Crippen molar-refractivity contribution >= 4 is 15.9 Å². The second-order valence-corrected chi connectivity index (χ2v) is 3.65. The number of para-hydroxylation sites is 1. The first kappa shape index (κ1) is 9.27. The molecule has 0 spiro atoms. The number of aromatic nitrogens is 2. The Labute approximate surface area is 90.2 Å². The normalized spacial score (nSPS) is 10.1. The maximum atomic E-state index is 5.26. The summed E-state index contributed by atoms with van der Waals surface area (Å²) < 4.78 is 6.19. The van der Waals surface area contributed by atoms with E-state index < -0.39 is 0 Å². The monoisotopic (exact) mass is 252 g/mol. The van der Waals surface area contributed by atoms with Crippen molar-refractivity contribution in [1.29, 1.82) is 0 Å². The summed E-state index contributed by atoms with van der Waals surface area (Å²) in [6.45, 7) is 0. The van der Waals surface area contributed by atoms with Crippen molar-refractivity contribution in [2.24, 2.45) is 0 Å². The molecular weight excluding hydrogens is 244 g/mol. The van der Waals surface area contributed by atoms with Gasteiger partial charge in [-0.1, -0.05) is 12.1 Å². The van der Waals surface area contributed by atoms with Gasteiger partial charge in [-0.05, 0) is 28.1 Å². The molecule has 4 heteroatoms. The van der Waals surface area contributed by atoms with Crippen LogP contribution in [0.3, 0.4) is 0 Å². The summed E-state index contributed by atoms with van der Waals surface area (Å²) in [5.74, 6) is 0.831. The lowest BCUT2D eigenvalue weighted by Crippen LogP contribution is -1.87. The number of methoxy groups -OCH3 is 1. The third-order valence-corrected chi connectivity index (χ3v) is 2.57. The zero-order valence-electron chi connectivity index (χ0n) is 7.62. The van der Waals surface area contributed by atoms with Crippen LogP contribution in [0, 0.1) is 0 Å². The van der Waals surface area contributed by atoms with Crippen LogP contribution in [-0.2, 0) is 0 Å². The van der Waals surface area contributed by atoms with Crippen molar-refractivity contribution in [2.45, 2.75) is 0 Å². The van der Waals surface area contributed by atoms with E-state index in [1.807, 2.05) is 24.3 Å². The van der Waals surface area contributed by atoms with E-state index in [-0.39, 0.29) is 0 Å². The Balaban J connectivity index is 2.56. The van der Waals surface area contributed by atoms with Gasteiger partial charge in [0.05, 0.1) is 23.5 Å². The molecule has 0 aliphatic heterocycles. The number of halogens is 1. The van der Waals surface area contributed by atoms with Gasteiger partial charge >= 0.3 is 0 Å². The first-order valence-electron chi connectivity index (χ1n) is 4.15. The Bertz CT molecular complexity index is 439. The predicted molar refractivity (Wildman–Crippen MR) is 58.3 cm³/mol. The maximum absolute atomic E-state index is 5.26. The molecule has 0 saturated heterocycles. The fourth-order valence-corrected chi connectivity index (χ4v) is 1.72. The lowest BCUT2D eigenvalue weighted by Gasteiger charge is -2.05. The van der Waals surface area contributed by atoms with E-state index in [1.54, 1.807) is 13.3 Å². The van der Waals surface area contributed by atoms with Crippen molar-refractivity contribution in [3.8, 4) is 17.0 Å². The van der Waals surface area contributed by atoms with Crippen molar-refractivity contribution in [3.63, 3.8) is 0 Å². The van der Waals surface area contributed by atoms with E-state index in [4.69, 9.17) is 4.74 Å². The Morgan fingerprint density at radius 3 is 2.79 bits per heavy atom. The van der Waals surface area contributed by atoms with E-state index in [2.05, 4.69) is 26.1 Å². The van der Waals surface area contributed by atoms with Crippen LogP contribution in [0.5, 0.6) is 5.75 Å². The molecule has 14 heavy (non-hydrogen) atoms. The van der Waals surface area contributed by atoms with Crippen molar-refractivity contribution in [1.82, 2.24) is 10.2 Å². The fourth-order valence-electron chi connectivity index (χ4n) is 1.31. The van der Waals surface area contributed by atoms with Crippen molar-refractivity contribution in [2.75, 3.05) is 7.11 Å². The first-order valence-corrected chi connectivity index (χ1v) is 4.94. The molecule has 0 saturated carbocycles. The van der Waals surface area contributed by atoms with Gasteiger partial charge in [-0.2, -0.15) is 5.10 Å². The van der Waals surface area contributed by atoms with Gasteiger partial charge in [-0.25, -0.2) is 0 Å². The number of ether oxygens (including phenoxy) is 1. The topological polar surface area (TPSA) is 37.9 Å². The largest absolute Gasteiger partial charge is 0.496 e. The molecule has 1 N–H and O–H groups in total. The zero-order chi connectivity index (χ0) is 9.97. The number of H-pyrrole nitrogens is 1. The second-order valence-electron chi connectivity index (χ2n) is 2.79. The summed E-state index contributed by atoms with van der Waals surface area (Å²) in [7, 11) is 1.66. The smallest absolute Gasteiger partial charge is 0.128 e. The van der Waals surface area contributed by atoms with Gasteiger partial charge in [-0.3, -0.25) is 5.10 Å². The Morgan fingerprint density at radius 2 is 2.14 bits per heavy atom. The van der Waals surface area contributed by atoms with E-state index >= 15 is 0 Å². The quantitative estimate of drug-likeness (QED) is 0.893. The van der Waals surface area contributed by atoms with Crippen LogP contribution >= 0.6 is 15.9 Å². The summed E-state index contributed by atoms with van der Waals surface area (Å²) in [6, 6.07) is 7.80. The van der Waals surface area contributed by atoms with Gasteiger partial charge in [0.2, 0.25) is 0 Å². The molecule has 0 aliphatic rings. The minimum Gasteiger partial charge on any atom is -0.496 e. The van der Waals surface area contributed by atoms with Gasteiger partial charge in [0.15, 0.2) is 0 Å². The Kier molecular flexibility index (Phi) is 2.54. The van der Waals surface area contributed by atoms with Crippen molar-refractivity contribution < 1.29 is 4.74 Å². The number of aromatic amines is 1. The zero-order valence-corrected chi connectivity index (χ0v) is 9.21. The van der Waals surface area contributed by atoms with Crippen LogP contribution in [-0.4, -0.2) is 17.3 Å². The molecule has 0 fully saturated rings. The van der Waals surface area contributed by atoms with E-state index in [9.17, 15) is 0 Å². The molecule has 2 aromatic rings. The summed E-state index contributed by atoms with van der Waals surface area (Å²) in [5.41, 5.74) is 1.93. The summed E-state index contributed by atoms with van der Waals surface area (Å²) in [4.78, 5) is 0. The lowest BCUT2D eigenvalue weighted by molar-refractivity contribution is 0.416. The number of hydrogen-bond acceptors (Lipinski definition) is 2. The average Bonchev–Trinajstić information content (AvgIpc) is 2.64. The van der Waals surface area contributed by atoms with Crippen LogP contribution in [0.2, 0.25) is 0 Å². The van der Waals surface area contributed by atoms with Gasteiger partial charge in [0, 0.05) is 5.56 Å². The Morgan fingerprint density at radius 1 is 1.36 bits per heavy atom. The molecule has 0 aliphatic carbocycles. The van der Waals surface area contributed by atoms with Crippen LogP contribution in [0.25, 0.3) is 11.3 Å². The van der Waals surface area contributed by atoms with Gasteiger partial charge < -0.3 is 4.74 Å². The molecule has 0 bridgehead atoms. The molecule has 2 rings (SSSR count). The number of benzene rings is 1. The van der Waals surface area contributed by atoms with Gasteiger partial charge in [0.1, 0.15) is 5.75 Å². The summed E-state index contributed by atoms with van der Waals surface area (Å²) in [6.07, 6.45) is 1.72. The predicted octanol–water partition coefficient (Wildman–Crippen LogP) is 2.85. The number of nitrogens with zero attached hydrogens (tertiary/aromatic N) is 1. The second kappa shape index (κ2) is 3.84. The van der Waals surface area contributed by atoms with E-state index in [0.29, 0.717) is 0 Å². The third kappa shape index (κ3) is 1.53. The molecular formula is C10H9BrN2O. The van der Waals surface area contributed by atoms with Crippen LogP contribution in [0.1, 0.15) is 0 Å². The number of hydrogen-bond donors (Lipinski definition) is 1. The van der Waals surface area contributed by atoms with Crippen molar-refractivity contribution in [3.05, 3.63) is 34.9 Å². The molecule has 3 nitrogen and oxygen atoms in total. The average molecular weight is 253 g/mol. The van der Waals surface area contributed by atoms with Gasteiger partial charge in [0.25, 0.3) is 0 Å². The summed E-state index contributed by atoms with van der Waals surface area (Å²) >= 11 is 3.42. The number of nitrogens with one attached hydrogen (secondary N) is 1. The summed E-state index contributed by atoms with van der Waals surface area (Å²) in [5, 5.41) is 6.87. The maximum Gasteiger partial charge on any atom is 0.128 e. The highest BCUT2D eigenvalue weighted by Gasteiger charge is 2.09.